The highest BCUT2D eigenvalue weighted by atomic mass is 35.5. The highest BCUT2D eigenvalue weighted by Crippen LogP contribution is 2.25. The number of rotatable bonds is 4. The molecule has 2 heterocycles. The second-order valence-electron chi connectivity index (χ2n) is 4.32. The Morgan fingerprint density at radius 1 is 1.26 bits per heavy atom. The molecule has 0 fully saturated rings. The second-order valence-corrected chi connectivity index (χ2v) is 4.58. The summed E-state index contributed by atoms with van der Waals surface area (Å²) in [6, 6.07) is 8.06. The summed E-state index contributed by atoms with van der Waals surface area (Å²) in [7, 11) is 1.69. The number of nitrogens with zero attached hydrogens (tertiary/aromatic N) is 3. The lowest BCUT2D eigenvalue weighted by molar-refractivity contribution is 0.187. The number of fused-ring (bicyclic) bond motifs is 3. The van der Waals surface area contributed by atoms with Crippen LogP contribution in [0.25, 0.3) is 21.9 Å². The maximum Gasteiger partial charge on any atom is 0.125 e. The van der Waals surface area contributed by atoms with Crippen molar-refractivity contribution in [3.63, 3.8) is 0 Å². The summed E-state index contributed by atoms with van der Waals surface area (Å²) in [4.78, 5) is 8.98. The van der Waals surface area contributed by atoms with Crippen LogP contribution < -0.4 is 0 Å². The quantitative estimate of drug-likeness (QED) is 0.687. The van der Waals surface area contributed by atoms with Crippen molar-refractivity contribution in [1.82, 2.24) is 14.5 Å². The molecule has 0 saturated carbocycles. The molecule has 0 unspecified atom stereocenters. The summed E-state index contributed by atoms with van der Waals surface area (Å²) in [5.41, 5.74) is 2.93. The number of benzene rings is 1. The van der Waals surface area contributed by atoms with Gasteiger partial charge >= 0.3 is 0 Å². The van der Waals surface area contributed by atoms with Crippen LogP contribution in [0, 0.1) is 0 Å². The number of para-hydroxylation sites is 1. The van der Waals surface area contributed by atoms with Crippen LogP contribution in [0.3, 0.4) is 0 Å². The molecule has 3 aromatic rings. The van der Waals surface area contributed by atoms with Gasteiger partial charge in [0.25, 0.3) is 0 Å². The first kappa shape index (κ1) is 12.4. The van der Waals surface area contributed by atoms with Crippen LogP contribution in [-0.2, 0) is 17.2 Å². The number of alkyl halides is 1. The molecule has 2 aromatic heterocycles. The zero-order chi connectivity index (χ0) is 13.2. The van der Waals surface area contributed by atoms with Gasteiger partial charge in [-0.2, -0.15) is 0 Å². The number of imidazole rings is 1. The van der Waals surface area contributed by atoms with Gasteiger partial charge in [0.1, 0.15) is 11.3 Å². The molecule has 0 radical (unpaired) electrons. The van der Waals surface area contributed by atoms with E-state index in [2.05, 4.69) is 20.6 Å². The zero-order valence-electron chi connectivity index (χ0n) is 10.6. The molecule has 98 valence electrons. The van der Waals surface area contributed by atoms with Gasteiger partial charge in [-0.1, -0.05) is 18.2 Å². The van der Waals surface area contributed by atoms with Gasteiger partial charge in [0, 0.05) is 19.0 Å². The van der Waals surface area contributed by atoms with Crippen molar-refractivity contribution in [3.05, 3.63) is 36.3 Å². The molecule has 0 aliphatic heterocycles. The van der Waals surface area contributed by atoms with Gasteiger partial charge in [-0.3, -0.25) is 4.98 Å². The zero-order valence-corrected chi connectivity index (χ0v) is 11.4. The molecule has 0 aliphatic carbocycles. The van der Waals surface area contributed by atoms with E-state index in [1.807, 2.05) is 18.2 Å². The highest BCUT2D eigenvalue weighted by Gasteiger charge is 2.13. The fraction of sp³-hybridized carbons (Fsp3) is 0.286. The molecule has 0 spiro atoms. The van der Waals surface area contributed by atoms with Crippen LogP contribution >= 0.6 is 11.6 Å². The number of hydrogen-bond acceptors (Lipinski definition) is 3. The smallest absolute Gasteiger partial charge is 0.125 e. The van der Waals surface area contributed by atoms with E-state index < -0.39 is 0 Å². The number of ether oxygens (including phenoxy) is 1. The minimum atomic E-state index is 0.382. The summed E-state index contributed by atoms with van der Waals surface area (Å²) in [6.45, 7) is 1.37. The molecule has 0 bridgehead atoms. The van der Waals surface area contributed by atoms with Crippen LogP contribution in [0.2, 0.25) is 0 Å². The maximum absolute atomic E-state index is 5.99. The second kappa shape index (κ2) is 5.15. The summed E-state index contributed by atoms with van der Waals surface area (Å²) in [5, 5.41) is 1.10. The van der Waals surface area contributed by atoms with Crippen LogP contribution in [0.4, 0.5) is 0 Å². The topological polar surface area (TPSA) is 39.9 Å². The molecule has 0 aliphatic rings. The lowest BCUT2D eigenvalue weighted by atomic mass is 10.2. The third-order valence-electron chi connectivity index (χ3n) is 3.20. The normalized spacial score (nSPS) is 11.5. The fourth-order valence-electron chi connectivity index (χ4n) is 2.34. The molecular weight excluding hydrogens is 262 g/mol. The number of hydrogen-bond donors (Lipinski definition) is 0. The average molecular weight is 276 g/mol. The molecule has 1 aromatic carbocycles. The van der Waals surface area contributed by atoms with Gasteiger partial charge in [-0.25, -0.2) is 4.98 Å². The van der Waals surface area contributed by atoms with Gasteiger partial charge < -0.3 is 9.30 Å². The molecule has 0 N–H and O–H groups in total. The van der Waals surface area contributed by atoms with Gasteiger partial charge in [0.15, 0.2) is 0 Å². The molecule has 5 heteroatoms. The number of halogens is 1. The number of aromatic nitrogens is 3. The summed E-state index contributed by atoms with van der Waals surface area (Å²) < 4.78 is 7.29. The lowest BCUT2D eigenvalue weighted by Crippen LogP contribution is -2.07. The Morgan fingerprint density at radius 2 is 2.11 bits per heavy atom. The Morgan fingerprint density at radius 3 is 2.89 bits per heavy atom. The Balaban J connectivity index is 2.32. The maximum atomic E-state index is 5.99. The van der Waals surface area contributed by atoms with E-state index in [0.29, 0.717) is 12.5 Å². The van der Waals surface area contributed by atoms with Crippen molar-refractivity contribution in [2.75, 3.05) is 13.7 Å². The van der Waals surface area contributed by atoms with Crippen LogP contribution in [0.1, 0.15) is 5.82 Å². The third-order valence-corrected chi connectivity index (χ3v) is 3.44. The lowest BCUT2D eigenvalue weighted by Gasteiger charge is -2.08. The first-order valence-corrected chi connectivity index (χ1v) is 6.66. The van der Waals surface area contributed by atoms with Crippen molar-refractivity contribution < 1.29 is 4.74 Å². The summed E-state index contributed by atoms with van der Waals surface area (Å²) >= 11 is 5.99. The Labute approximate surface area is 116 Å². The van der Waals surface area contributed by atoms with Crippen LogP contribution in [0.5, 0.6) is 0 Å². The molecule has 0 saturated heterocycles. The van der Waals surface area contributed by atoms with E-state index in [0.717, 1.165) is 34.3 Å². The van der Waals surface area contributed by atoms with E-state index >= 15 is 0 Å². The van der Waals surface area contributed by atoms with E-state index in [1.165, 1.54) is 0 Å². The van der Waals surface area contributed by atoms with E-state index in [-0.39, 0.29) is 0 Å². The molecular formula is C14H14ClN3O. The van der Waals surface area contributed by atoms with E-state index in [1.54, 1.807) is 13.3 Å². The fourth-order valence-corrected chi connectivity index (χ4v) is 2.54. The van der Waals surface area contributed by atoms with Crippen molar-refractivity contribution in [2.24, 2.45) is 0 Å². The van der Waals surface area contributed by atoms with Crippen molar-refractivity contribution in [3.8, 4) is 0 Å². The van der Waals surface area contributed by atoms with E-state index in [4.69, 9.17) is 16.3 Å². The van der Waals surface area contributed by atoms with Gasteiger partial charge in [0.05, 0.1) is 29.7 Å². The number of pyridine rings is 1. The summed E-state index contributed by atoms with van der Waals surface area (Å²) in [5.74, 6) is 1.24. The van der Waals surface area contributed by atoms with Crippen LogP contribution in [0.15, 0.2) is 30.5 Å². The molecule has 3 rings (SSSR count). The van der Waals surface area contributed by atoms with Crippen molar-refractivity contribution >= 4 is 33.5 Å². The Kier molecular flexibility index (Phi) is 3.36. The third kappa shape index (κ3) is 2.07. The molecule has 19 heavy (non-hydrogen) atoms. The van der Waals surface area contributed by atoms with Gasteiger partial charge in [-0.05, 0) is 6.07 Å². The standard InChI is InChI=1S/C14H14ClN3O/c1-19-7-6-18-13(8-15)17-12-9-16-11-5-3-2-4-10(11)14(12)18/h2-5,9H,6-8H2,1H3. The van der Waals surface area contributed by atoms with Gasteiger partial charge in [-0.15, -0.1) is 11.6 Å². The first-order valence-electron chi connectivity index (χ1n) is 6.13. The Hall–Kier alpha value is -1.65. The average Bonchev–Trinajstić information content (AvgIpc) is 2.83. The minimum Gasteiger partial charge on any atom is -0.383 e. The SMILES string of the molecule is COCCn1c(CCl)nc2cnc3ccccc3c21. The van der Waals surface area contributed by atoms with Crippen molar-refractivity contribution in [1.29, 1.82) is 0 Å². The predicted octanol–water partition coefficient (Wildman–Crippen LogP) is 2.97. The van der Waals surface area contributed by atoms with E-state index in [9.17, 15) is 0 Å². The minimum absolute atomic E-state index is 0.382. The molecule has 4 nitrogen and oxygen atoms in total. The first-order chi connectivity index (χ1) is 9.35. The molecule has 0 amide bonds. The predicted molar refractivity (Wildman–Crippen MR) is 76.5 cm³/mol. The van der Waals surface area contributed by atoms with Gasteiger partial charge in [0.2, 0.25) is 0 Å². The highest BCUT2D eigenvalue weighted by molar-refractivity contribution is 6.17. The van der Waals surface area contributed by atoms with Crippen LogP contribution in [-0.4, -0.2) is 28.3 Å². The Bertz CT molecular complexity index is 723. The monoisotopic (exact) mass is 275 g/mol. The van der Waals surface area contributed by atoms with Crippen molar-refractivity contribution in [2.45, 2.75) is 12.4 Å². The number of methoxy groups -OCH3 is 1. The summed E-state index contributed by atoms with van der Waals surface area (Å²) in [6.07, 6.45) is 1.80. The molecule has 0 atom stereocenters. The largest absolute Gasteiger partial charge is 0.383 e.